The maximum absolute atomic E-state index is 13.2. The third kappa shape index (κ3) is 6.42. The zero-order chi connectivity index (χ0) is 23.8. The molecule has 1 saturated heterocycles. The summed E-state index contributed by atoms with van der Waals surface area (Å²) in [6, 6.07) is 5.79. The van der Waals surface area contributed by atoms with E-state index in [2.05, 4.69) is 22.9 Å². The van der Waals surface area contributed by atoms with Crippen LogP contribution in [0.5, 0.6) is 0 Å². The van der Waals surface area contributed by atoms with Crippen molar-refractivity contribution in [1.82, 2.24) is 4.90 Å². The Labute approximate surface area is 207 Å². The molecule has 1 N–H and O–H groups in total. The topological polar surface area (TPSA) is 77.9 Å². The minimum Gasteiger partial charge on any atom is -0.481 e. The van der Waals surface area contributed by atoms with Crippen LogP contribution in [0.15, 0.2) is 27.6 Å². The summed E-state index contributed by atoms with van der Waals surface area (Å²) in [4.78, 5) is 39.2. The lowest BCUT2D eigenvalue weighted by Crippen LogP contribution is -2.30. The average molecular weight is 542 g/mol. The molecule has 6 nitrogen and oxygen atoms in total. The molecule has 0 unspecified atom stereocenters. The molecular weight excluding hydrogens is 512 g/mol. The van der Waals surface area contributed by atoms with Crippen LogP contribution in [0, 0.1) is 0 Å². The minimum atomic E-state index is -0.833. The van der Waals surface area contributed by atoms with Crippen molar-refractivity contribution in [3.05, 3.63) is 33.1 Å². The fraction of sp³-hybridized carbons (Fsp3) is 0.478. The van der Waals surface area contributed by atoms with Crippen LogP contribution in [0.4, 0.5) is 5.69 Å². The molecule has 0 bridgehead atoms. The maximum atomic E-state index is 13.2. The molecule has 32 heavy (non-hydrogen) atoms. The fourth-order valence-corrected chi connectivity index (χ4v) is 5.33. The number of carboxylic acids is 1. The van der Waals surface area contributed by atoms with Gasteiger partial charge in [-0.25, -0.2) is 0 Å². The SMILES string of the molecule is CC(=O)O.CCCCCCCN1C(=O)/C(=C2\C(=O)N(CCC)c3ccc(Br)cc32)SC1=S. The molecule has 3 rings (SSSR count). The summed E-state index contributed by atoms with van der Waals surface area (Å²) in [6.45, 7) is 6.57. The van der Waals surface area contributed by atoms with Gasteiger partial charge in [0.05, 0.1) is 16.2 Å². The van der Waals surface area contributed by atoms with Gasteiger partial charge < -0.3 is 10.0 Å². The number of rotatable bonds is 8. The Kier molecular flexibility index (Phi) is 10.4. The number of thioether (sulfide) groups is 1. The average Bonchev–Trinajstić information content (AvgIpc) is 3.14. The van der Waals surface area contributed by atoms with Crippen molar-refractivity contribution in [2.45, 2.75) is 59.3 Å². The second-order valence-corrected chi connectivity index (χ2v) is 10.1. The number of fused-ring (bicyclic) bond motifs is 1. The summed E-state index contributed by atoms with van der Waals surface area (Å²) in [6.07, 6.45) is 6.47. The van der Waals surface area contributed by atoms with Gasteiger partial charge in [0.2, 0.25) is 0 Å². The van der Waals surface area contributed by atoms with Crippen LogP contribution >= 0.6 is 39.9 Å². The summed E-state index contributed by atoms with van der Waals surface area (Å²) in [5, 5.41) is 7.42. The molecule has 0 aromatic heterocycles. The fourth-order valence-electron chi connectivity index (χ4n) is 3.58. The van der Waals surface area contributed by atoms with Crippen molar-refractivity contribution in [3.8, 4) is 0 Å². The summed E-state index contributed by atoms with van der Waals surface area (Å²) in [5.41, 5.74) is 2.18. The van der Waals surface area contributed by atoms with Crippen molar-refractivity contribution in [3.63, 3.8) is 0 Å². The smallest absolute Gasteiger partial charge is 0.300 e. The van der Waals surface area contributed by atoms with E-state index in [0.29, 0.717) is 27.9 Å². The van der Waals surface area contributed by atoms with Crippen molar-refractivity contribution in [2.75, 3.05) is 18.0 Å². The number of nitrogens with zero attached hydrogens (tertiary/aromatic N) is 2. The lowest BCUT2D eigenvalue weighted by molar-refractivity contribution is -0.134. The van der Waals surface area contributed by atoms with Gasteiger partial charge in [0.15, 0.2) is 0 Å². The number of halogens is 1. The maximum Gasteiger partial charge on any atom is 0.300 e. The van der Waals surface area contributed by atoms with Crippen molar-refractivity contribution >= 4 is 73.3 Å². The first kappa shape index (κ1) is 26.5. The molecule has 0 radical (unpaired) electrons. The van der Waals surface area contributed by atoms with E-state index in [0.717, 1.165) is 41.9 Å². The number of aliphatic carboxylic acids is 1. The Balaban J connectivity index is 0.000000837. The Morgan fingerprint density at radius 3 is 2.31 bits per heavy atom. The Morgan fingerprint density at radius 1 is 1.03 bits per heavy atom. The summed E-state index contributed by atoms with van der Waals surface area (Å²) < 4.78 is 1.45. The number of amides is 2. The first-order chi connectivity index (χ1) is 15.2. The number of thiocarbonyl (C=S) groups is 1. The van der Waals surface area contributed by atoms with Crippen LogP contribution < -0.4 is 4.90 Å². The zero-order valence-corrected chi connectivity index (χ0v) is 21.9. The molecule has 2 aliphatic heterocycles. The Morgan fingerprint density at radius 2 is 1.69 bits per heavy atom. The van der Waals surface area contributed by atoms with Crippen LogP contribution in [0.2, 0.25) is 0 Å². The second-order valence-electron chi connectivity index (χ2n) is 7.58. The monoisotopic (exact) mass is 540 g/mol. The number of carboxylic acid groups (broad SMARTS) is 1. The quantitative estimate of drug-likeness (QED) is 0.253. The molecule has 1 aromatic carbocycles. The van der Waals surface area contributed by atoms with Crippen LogP contribution in [0.25, 0.3) is 5.57 Å². The normalized spacial score (nSPS) is 17.6. The highest BCUT2D eigenvalue weighted by molar-refractivity contribution is 9.10. The first-order valence-electron chi connectivity index (χ1n) is 10.8. The summed E-state index contributed by atoms with van der Waals surface area (Å²) >= 11 is 10.2. The molecule has 1 aromatic rings. The highest BCUT2D eigenvalue weighted by Gasteiger charge is 2.41. The number of unbranched alkanes of at least 4 members (excludes halogenated alkanes) is 4. The van der Waals surface area contributed by atoms with Gasteiger partial charge >= 0.3 is 0 Å². The van der Waals surface area contributed by atoms with E-state index in [1.54, 1.807) is 9.80 Å². The second kappa shape index (κ2) is 12.5. The molecule has 2 amide bonds. The largest absolute Gasteiger partial charge is 0.481 e. The summed E-state index contributed by atoms with van der Waals surface area (Å²) in [5.74, 6) is -1.06. The third-order valence-electron chi connectivity index (χ3n) is 4.99. The van der Waals surface area contributed by atoms with Crippen molar-refractivity contribution < 1.29 is 19.5 Å². The highest BCUT2D eigenvalue weighted by Crippen LogP contribution is 2.45. The number of hydrogen-bond acceptors (Lipinski definition) is 5. The van der Waals surface area contributed by atoms with Gasteiger partial charge in [-0.05, 0) is 31.0 Å². The molecule has 0 saturated carbocycles. The zero-order valence-electron chi connectivity index (χ0n) is 18.6. The molecule has 2 aliphatic rings. The molecule has 0 spiro atoms. The van der Waals surface area contributed by atoms with E-state index in [9.17, 15) is 9.59 Å². The minimum absolute atomic E-state index is 0.0987. The van der Waals surface area contributed by atoms with E-state index in [1.807, 2.05) is 25.1 Å². The van der Waals surface area contributed by atoms with E-state index < -0.39 is 5.97 Å². The predicted molar refractivity (Wildman–Crippen MR) is 138 cm³/mol. The molecule has 174 valence electrons. The van der Waals surface area contributed by atoms with Crippen LogP contribution in [-0.2, 0) is 14.4 Å². The van der Waals surface area contributed by atoms with Gasteiger partial charge in [0.25, 0.3) is 17.8 Å². The Bertz CT molecular complexity index is 929. The number of anilines is 1. The molecular formula is C23H29BrN2O4S2. The number of hydrogen-bond donors (Lipinski definition) is 1. The first-order valence-corrected chi connectivity index (χ1v) is 12.8. The van der Waals surface area contributed by atoms with E-state index in [1.165, 1.54) is 31.0 Å². The molecule has 0 atom stereocenters. The van der Waals surface area contributed by atoms with E-state index in [4.69, 9.17) is 22.1 Å². The van der Waals surface area contributed by atoms with E-state index in [-0.39, 0.29) is 11.8 Å². The lowest BCUT2D eigenvalue weighted by atomic mass is 10.1. The lowest BCUT2D eigenvalue weighted by Gasteiger charge is -2.15. The number of carbonyl (C=O) groups excluding carboxylic acids is 2. The molecule has 2 heterocycles. The van der Waals surface area contributed by atoms with Gasteiger partial charge in [-0.1, -0.05) is 79.4 Å². The predicted octanol–water partition coefficient (Wildman–Crippen LogP) is 5.84. The van der Waals surface area contributed by atoms with Crippen LogP contribution in [0.3, 0.4) is 0 Å². The van der Waals surface area contributed by atoms with Crippen molar-refractivity contribution in [1.29, 1.82) is 0 Å². The van der Waals surface area contributed by atoms with Gasteiger partial charge in [-0.3, -0.25) is 19.3 Å². The van der Waals surface area contributed by atoms with Gasteiger partial charge in [-0.2, -0.15) is 0 Å². The van der Waals surface area contributed by atoms with Gasteiger partial charge in [0, 0.05) is 30.0 Å². The molecule has 0 aliphatic carbocycles. The van der Waals surface area contributed by atoms with Crippen LogP contribution in [0.1, 0.15) is 64.9 Å². The number of benzene rings is 1. The highest BCUT2D eigenvalue weighted by atomic mass is 79.9. The van der Waals surface area contributed by atoms with Crippen LogP contribution in [-0.4, -0.2) is 45.2 Å². The molecule has 9 heteroatoms. The van der Waals surface area contributed by atoms with Gasteiger partial charge in [-0.15, -0.1) is 0 Å². The van der Waals surface area contributed by atoms with E-state index >= 15 is 0 Å². The Hall–Kier alpha value is -1.71. The third-order valence-corrected chi connectivity index (χ3v) is 6.93. The summed E-state index contributed by atoms with van der Waals surface area (Å²) in [7, 11) is 0. The van der Waals surface area contributed by atoms with Gasteiger partial charge in [0.1, 0.15) is 4.32 Å². The molecule has 1 fully saturated rings. The standard InChI is InChI=1S/C21H25BrN2O2S2.C2H4O2/c1-3-5-6-7-8-12-24-20(26)18(28-21(24)27)17-15-13-14(22)9-10-16(15)23(11-4-2)19(17)25;1-2(3)4/h9-10,13H,3-8,11-12H2,1-2H3;1H3,(H,3,4)/b18-17+;. The van der Waals surface area contributed by atoms with Crippen molar-refractivity contribution in [2.24, 2.45) is 0 Å². The number of carbonyl (C=O) groups is 3.